The Bertz CT molecular complexity index is 783. The second kappa shape index (κ2) is 9.19. The Morgan fingerprint density at radius 2 is 1.78 bits per heavy atom. The van der Waals surface area contributed by atoms with Crippen LogP contribution >= 0.6 is 0 Å². The molecule has 3 rings (SSSR count). The molecule has 1 aliphatic rings. The van der Waals surface area contributed by atoms with E-state index in [-0.39, 0.29) is 17.9 Å². The lowest BCUT2D eigenvalue weighted by atomic mass is 10.1. The van der Waals surface area contributed by atoms with Gasteiger partial charge in [-0.3, -0.25) is 9.59 Å². The van der Waals surface area contributed by atoms with Crippen molar-refractivity contribution in [3.8, 4) is 5.75 Å². The van der Waals surface area contributed by atoms with E-state index in [1.807, 2.05) is 24.3 Å². The van der Waals surface area contributed by atoms with Gasteiger partial charge in [-0.2, -0.15) is 0 Å². The number of methoxy groups -OCH3 is 1. The molecular formula is C21H24N2O4. The molecule has 1 saturated heterocycles. The fourth-order valence-electron chi connectivity index (χ4n) is 2.94. The van der Waals surface area contributed by atoms with Gasteiger partial charge in [-0.15, -0.1) is 0 Å². The zero-order valence-corrected chi connectivity index (χ0v) is 15.4. The van der Waals surface area contributed by atoms with Crippen molar-refractivity contribution in [2.24, 2.45) is 0 Å². The Labute approximate surface area is 158 Å². The topological polar surface area (TPSA) is 76.7 Å². The van der Waals surface area contributed by atoms with Crippen LogP contribution in [0.25, 0.3) is 0 Å². The van der Waals surface area contributed by atoms with Crippen LogP contribution in [0.5, 0.6) is 5.75 Å². The zero-order chi connectivity index (χ0) is 19.1. The smallest absolute Gasteiger partial charge is 0.251 e. The number of nitrogens with one attached hydrogen (secondary N) is 2. The summed E-state index contributed by atoms with van der Waals surface area (Å²) in [7, 11) is 1.61. The monoisotopic (exact) mass is 368 g/mol. The summed E-state index contributed by atoms with van der Waals surface area (Å²) in [5, 5.41) is 5.73. The Morgan fingerprint density at radius 1 is 1.07 bits per heavy atom. The molecular weight excluding hydrogens is 344 g/mol. The first-order valence-electron chi connectivity index (χ1n) is 9.06. The lowest BCUT2D eigenvalue weighted by Crippen LogP contribution is -2.32. The summed E-state index contributed by atoms with van der Waals surface area (Å²) in [6.45, 7) is 1.65. The van der Waals surface area contributed by atoms with E-state index in [2.05, 4.69) is 10.6 Å². The molecule has 1 atom stereocenters. The molecule has 6 heteroatoms. The number of carbonyl (C=O) groups excluding carboxylic acids is 2. The van der Waals surface area contributed by atoms with Crippen molar-refractivity contribution in [1.82, 2.24) is 10.6 Å². The number of benzene rings is 2. The lowest BCUT2D eigenvalue weighted by Gasteiger charge is -2.11. The molecule has 6 nitrogen and oxygen atoms in total. The first-order valence-corrected chi connectivity index (χ1v) is 9.06. The minimum atomic E-state index is -0.223. The van der Waals surface area contributed by atoms with E-state index in [1.54, 1.807) is 31.4 Å². The maximum atomic E-state index is 12.4. The van der Waals surface area contributed by atoms with Crippen LogP contribution in [0.2, 0.25) is 0 Å². The van der Waals surface area contributed by atoms with Crippen LogP contribution in [0.4, 0.5) is 0 Å². The van der Waals surface area contributed by atoms with Gasteiger partial charge in [0.05, 0.1) is 13.2 Å². The van der Waals surface area contributed by atoms with Gasteiger partial charge in [0.1, 0.15) is 5.75 Å². The van der Waals surface area contributed by atoms with Gasteiger partial charge in [-0.1, -0.05) is 18.2 Å². The van der Waals surface area contributed by atoms with Crippen LogP contribution in [0.3, 0.4) is 0 Å². The average molecular weight is 368 g/mol. The Balaban J connectivity index is 1.54. The third kappa shape index (κ3) is 5.31. The standard InChI is InChI=1S/C21H24N2O4/c1-26-18-9-7-15(8-10-18)13-22-20(24)16-4-2-5-17(12-16)21(25)23-14-19-6-3-11-27-19/h2,4-5,7-10,12,19H,3,6,11,13-14H2,1H3,(H,22,24)(H,23,25). The maximum Gasteiger partial charge on any atom is 0.251 e. The number of ether oxygens (including phenoxy) is 2. The van der Waals surface area contributed by atoms with E-state index in [9.17, 15) is 9.59 Å². The van der Waals surface area contributed by atoms with Gasteiger partial charge in [0.15, 0.2) is 0 Å². The van der Waals surface area contributed by atoms with Crippen molar-refractivity contribution in [3.63, 3.8) is 0 Å². The molecule has 142 valence electrons. The molecule has 2 amide bonds. The van der Waals surface area contributed by atoms with Gasteiger partial charge >= 0.3 is 0 Å². The molecule has 2 aromatic carbocycles. The number of carbonyl (C=O) groups is 2. The van der Waals surface area contributed by atoms with E-state index in [4.69, 9.17) is 9.47 Å². The molecule has 1 fully saturated rings. The highest BCUT2D eigenvalue weighted by Gasteiger charge is 2.17. The third-order valence-electron chi connectivity index (χ3n) is 4.51. The maximum absolute atomic E-state index is 12.4. The second-order valence-corrected chi connectivity index (χ2v) is 6.46. The first kappa shape index (κ1) is 18.9. The summed E-state index contributed by atoms with van der Waals surface area (Å²) in [6.07, 6.45) is 2.09. The van der Waals surface area contributed by atoms with Gasteiger partial charge in [0.2, 0.25) is 0 Å². The van der Waals surface area contributed by atoms with Crippen molar-refractivity contribution in [1.29, 1.82) is 0 Å². The van der Waals surface area contributed by atoms with Crippen molar-refractivity contribution in [2.75, 3.05) is 20.3 Å². The molecule has 0 bridgehead atoms. The van der Waals surface area contributed by atoms with Crippen molar-refractivity contribution in [2.45, 2.75) is 25.5 Å². The molecule has 0 saturated carbocycles. The highest BCUT2D eigenvalue weighted by atomic mass is 16.5. The summed E-state index contributed by atoms with van der Waals surface area (Å²) < 4.78 is 10.6. The SMILES string of the molecule is COc1ccc(CNC(=O)c2cccc(C(=O)NCC3CCCO3)c2)cc1. The Kier molecular flexibility index (Phi) is 6.44. The van der Waals surface area contributed by atoms with Gasteiger partial charge in [0, 0.05) is 30.8 Å². The van der Waals surface area contributed by atoms with Crippen molar-refractivity contribution < 1.29 is 19.1 Å². The number of hydrogen-bond donors (Lipinski definition) is 2. The van der Waals surface area contributed by atoms with Gasteiger partial charge in [-0.05, 0) is 48.7 Å². The minimum absolute atomic E-state index is 0.0879. The highest BCUT2D eigenvalue weighted by molar-refractivity contribution is 5.99. The molecule has 0 aromatic heterocycles. The van der Waals surface area contributed by atoms with Crippen LogP contribution < -0.4 is 15.4 Å². The minimum Gasteiger partial charge on any atom is -0.497 e. The zero-order valence-electron chi connectivity index (χ0n) is 15.4. The normalized spacial score (nSPS) is 16.0. The van der Waals surface area contributed by atoms with E-state index >= 15 is 0 Å². The number of rotatable bonds is 7. The number of amides is 2. The summed E-state index contributed by atoms with van der Waals surface area (Å²) in [6, 6.07) is 14.2. The summed E-state index contributed by atoms with van der Waals surface area (Å²) >= 11 is 0. The Hall–Kier alpha value is -2.86. The number of hydrogen-bond acceptors (Lipinski definition) is 4. The lowest BCUT2D eigenvalue weighted by molar-refractivity contribution is 0.0857. The van der Waals surface area contributed by atoms with Crippen molar-refractivity contribution in [3.05, 3.63) is 65.2 Å². The fraction of sp³-hybridized carbons (Fsp3) is 0.333. The van der Waals surface area contributed by atoms with Crippen LogP contribution in [0.15, 0.2) is 48.5 Å². The van der Waals surface area contributed by atoms with Crippen LogP contribution in [0.1, 0.15) is 39.1 Å². The van der Waals surface area contributed by atoms with E-state index in [0.717, 1.165) is 30.8 Å². The summed E-state index contributed by atoms with van der Waals surface area (Å²) in [5.74, 6) is 0.349. The van der Waals surface area contributed by atoms with Crippen LogP contribution in [-0.4, -0.2) is 38.2 Å². The second-order valence-electron chi connectivity index (χ2n) is 6.46. The van der Waals surface area contributed by atoms with Gasteiger partial charge in [-0.25, -0.2) is 0 Å². The first-order chi connectivity index (χ1) is 13.2. The third-order valence-corrected chi connectivity index (χ3v) is 4.51. The molecule has 0 radical (unpaired) electrons. The predicted octanol–water partition coefficient (Wildman–Crippen LogP) is 2.53. The Morgan fingerprint density at radius 3 is 2.41 bits per heavy atom. The molecule has 0 aliphatic carbocycles. The van der Waals surface area contributed by atoms with E-state index in [0.29, 0.717) is 24.2 Å². The van der Waals surface area contributed by atoms with Gasteiger partial charge < -0.3 is 20.1 Å². The largest absolute Gasteiger partial charge is 0.497 e. The predicted molar refractivity (Wildman–Crippen MR) is 102 cm³/mol. The quantitative estimate of drug-likeness (QED) is 0.787. The van der Waals surface area contributed by atoms with Crippen molar-refractivity contribution >= 4 is 11.8 Å². The molecule has 27 heavy (non-hydrogen) atoms. The highest BCUT2D eigenvalue weighted by Crippen LogP contribution is 2.13. The van der Waals surface area contributed by atoms with E-state index in [1.165, 1.54) is 0 Å². The molecule has 1 aliphatic heterocycles. The van der Waals surface area contributed by atoms with Gasteiger partial charge in [0.25, 0.3) is 11.8 Å². The van der Waals surface area contributed by atoms with Crippen LogP contribution in [0, 0.1) is 0 Å². The molecule has 2 aromatic rings. The summed E-state index contributed by atoms with van der Waals surface area (Å²) in [5.41, 5.74) is 1.88. The molecule has 1 heterocycles. The molecule has 0 spiro atoms. The fourth-order valence-corrected chi connectivity index (χ4v) is 2.94. The average Bonchev–Trinajstić information content (AvgIpc) is 3.24. The molecule has 1 unspecified atom stereocenters. The van der Waals surface area contributed by atoms with E-state index < -0.39 is 0 Å². The summed E-state index contributed by atoms with van der Waals surface area (Å²) in [4.78, 5) is 24.7. The molecule has 2 N–H and O–H groups in total. The van der Waals surface area contributed by atoms with Crippen LogP contribution in [-0.2, 0) is 11.3 Å².